The summed E-state index contributed by atoms with van der Waals surface area (Å²) in [7, 11) is -3.82. The number of amides is 1. The molecule has 2 atom stereocenters. The Balaban J connectivity index is 1.37. The predicted octanol–water partition coefficient (Wildman–Crippen LogP) is 5.66. The van der Waals surface area contributed by atoms with Crippen molar-refractivity contribution < 1.29 is 27.8 Å². The maximum absolute atomic E-state index is 14.5. The predicted molar refractivity (Wildman–Crippen MR) is 185 cm³/mol. The molecule has 0 radical (unpaired) electrons. The summed E-state index contributed by atoms with van der Waals surface area (Å²) in [4.78, 5) is 19.6. The largest absolute Gasteiger partial charge is 0.494 e. The number of rotatable bonds is 13. The van der Waals surface area contributed by atoms with Gasteiger partial charge >= 0.3 is 0 Å². The van der Waals surface area contributed by atoms with Gasteiger partial charge in [0.2, 0.25) is 5.90 Å². The van der Waals surface area contributed by atoms with Gasteiger partial charge in [-0.1, -0.05) is 71.7 Å². The summed E-state index contributed by atoms with van der Waals surface area (Å²) in [5.74, 6) is -0.216. The molecular weight excluding hydrogens is 673 g/mol. The summed E-state index contributed by atoms with van der Waals surface area (Å²) in [6.45, 7) is 0.368. The summed E-state index contributed by atoms with van der Waals surface area (Å²) in [6, 6.07) is 28.0. The summed E-state index contributed by atoms with van der Waals surface area (Å²) >= 11 is 13.0. The molecule has 1 heterocycles. The molecular formula is C36H35Cl2N3O6S. The third-order valence-electron chi connectivity index (χ3n) is 8.57. The molecule has 1 aliphatic heterocycles. The zero-order chi connectivity index (χ0) is 33.7. The minimum Gasteiger partial charge on any atom is -0.494 e. The second kappa shape index (κ2) is 14.7. The smallest absolute Gasteiger partial charge is 0.266 e. The van der Waals surface area contributed by atoms with Crippen molar-refractivity contribution in [1.29, 1.82) is 0 Å². The van der Waals surface area contributed by atoms with Crippen LogP contribution in [0.4, 0.5) is 0 Å². The molecule has 250 valence electrons. The Morgan fingerprint density at radius 1 is 0.958 bits per heavy atom. The average Bonchev–Trinajstić information content (AvgIpc) is 3.70. The van der Waals surface area contributed by atoms with Crippen molar-refractivity contribution in [2.45, 2.75) is 48.3 Å². The molecule has 2 aliphatic rings. The van der Waals surface area contributed by atoms with E-state index in [1.54, 1.807) is 60.7 Å². The van der Waals surface area contributed by atoms with Gasteiger partial charge in [0.15, 0.2) is 21.5 Å². The number of hydrazine groups is 1. The van der Waals surface area contributed by atoms with Crippen molar-refractivity contribution in [3.63, 3.8) is 0 Å². The number of aliphatic imine (C=N–C) groups is 1. The van der Waals surface area contributed by atoms with E-state index < -0.39 is 33.1 Å². The summed E-state index contributed by atoms with van der Waals surface area (Å²) in [6.07, 6.45) is 0.627. The van der Waals surface area contributed by atoms with Gasteiger partial charge in [-0.25, -0.2) is 18.8 Å². The Morgan fingerprint density at radius 2 is 1.65 bits per heavy atom. The molecule has 0 spiro atoms. The van der Waals surface area contributed by atoms with Crippen molar-refractivity contribution in [3.05, 3.63) is 129 Å². The molecule has 1 aliphatic carbocycles. The third-order valence-corrected chi connectivity index (χ3v) is 10.9. The third kappa shape index (κ3) is 7.38. The van der Waals surface area contributed by atoms with Crippen molar-refractivity contribution in [2.75, 3.05) is 19.0 Å². The van der Waals surface area contributed by atoms with Crippen LogP contribution in [-0.4, -0.2) is 55.9 Å². The van der Waals surface area contributed by atoms with E-state index in [4.69, 9.17) is 42.8 Å². The number of sulfone groups is 1. The van der Waals surface area contributed by atoms with Crippen LogP contribution in [0.1, 0.15) is 41.2 Å². The van der Waals surface area contributed by atoms with Gasteiger partial charge in [-0.3, -0.25) is 10.2 Å². The zero-order valence-electron chi connectivity index (χ0n) is 25.9. The number of nitrogens with zero attached hydrogens (tertiary/aromatic N) is 1. The fourth-order valence-electron chi connectivity index (χ4n) is 6.03. The minimum absolute atomic E-state index is 0.0179. The molecule has 48 heavy (non-hydrogen) atoms. The van der Waals surface area contributed by atoms with Crippen molar-refractivity contribution in [2.24, 2.45) is 4.99 Å². The lowest BCUT2D eigenvalue weighted by Crippen LogP contribution is -2.55. The Hall–Kier alpha value is -3.93. The Kier molecular flexibility index (Phi) is 10.4. The fourth-order valence-corrected chi connectivity index (χ4v) is 7.93. The normalized spacial score (nSPS) is 19.0. The van der Waals surface area contributed by atoms with E-state index in [1.807, 2.05) is 12.1 Å². The first kappa shape index (κ1) is 34.0. The molecule has 0 aromatic heterocycles. The number of aliphatic hydroxyl groups excluding tert-OH is 1. The van der Waals surface area contributed by atoms with Crippen LogP contribution in [0.15, 0.2) is 107 Å². The summed E-state index contributed by atoms with van der Waals surface area (Å²) < 4.78 is 39.3. The molecule has 6 rings (SSSR count). The molecule has 1 amide bonds. The van der Waals surface area contributed by atoms with Crippen LogP contribution in [0.2, 0.25) is 10.0 Å². The van der Waals surface area contributed by atoms with Crippen LogP contribution in [0.5, 0.6) is 5.75 Å². The number of benzene rings is 4. The first-order valence-corrected chi connectivity index (χ1v) is 18.1. The molecule has 0 saturated heterocycles. The number of ether oxygens (including phenoxy) is 2. The highest BCUT2D eigenvalue weighted by Crippen LogP contribution is 2.45. The summed E-state index contributed by atoms with van der Waals surface area (Å²) in [5, 5.41) is 9.72. The molecule has 12 heteroatoms. The van der Waals surface area contributed by atoms with Gasteiger partial charge in [0.25, 0.3) is 5.91 Å². The maximum atomic E-state index is 14.5. The number of carbonyl (C=O) groups is 1. The van der Waals surface area contributed by atoms with Crippen LogP contribution in [-0.2, 0) is 32.2 Å². The van der Waals surface area contributed by atoms with Crippen LogP contribution >= 0.6 is 23.2 Å². The minimum atomic E-state index is -3.82. The van der Waals surface area contributed by atoms with E-state index in [-0.39, 0.29) is 34.9 Å². The van der Waals surface area contributed by atoms with Crippen LogP contribution in [0, 0.1) is 0 Å². The van der Waals surface area contributed by atoms with Crippen LogP contribution < -0.4 is 15.6 Å². The van der Waals surface area contributed by atoms with E-state index in [9.17, 15) is 13.2 Å². The summed E-state index contributed by atoms with van der Waals surface area (Å²) in [5.41, 5.74) is 7.70. The van der Waals surface area contributed by atoms with E-state index in [0.717, 1.165) is 12.8 Å². The van der Waals surface area contributed by atoms with Gasteiger partial charge in [0.05, 0.1) is 17.3 Å². The Bertz CT molecular complexity index is 1880. The average molecular weight is 709 g/mol. The molecule has 0 unspecified atom stereocenters. The van der Waals surface area contributed by atoms with Crippen molar-refractivity contribution in [1.82, 2.24) is 10.9 Å². The topological polar surface area (TPSA) is 126 Å². The monoisotopic (exact) mass is 707 g/mol. The lowest BCUT2D eigenvalue weighted by Gasteiger charge is -2.31. The zero-order valence-corrected chi connectivity index (χ0v) is 28.3. The number of carbonyl (C=O) groups excluding carboxylic acids is 1. The van der Waals surface area contributed by atoms with Gasteiger partial charge in [0.1, 0.15) is 5.75 Å². The molecule has 9 nitrogen and oxygen atoms in total. The lowest BCUT2D eigenvalue weighted by atomic mass is 9.85. The van der Waals surface area contributed by atoms with E-state index >= 15 is 0 Å². The highest BCUT2D eigenvalue weighted by atomic mass is 35.5. The number of halogens is 2. The number of fused-ring (bicyclic) bond motifs is 1. The fraction of sp³-hybridized carbons (Fsp3) is 0.278. The molecule has 0 fully saturated rings. The van der Waals surface area contributed by atoms with Gasteiger partial charge in [0, 0.05) is 46.7 Å². The van der Waals surface area contributed by atoms with E-state index in [2.05, 4.69) is 23.0 Å². The van der Waals surface area contributed by atoms with Gasteiger partial charge < -0.3 is 14.6 Å². The SMILES string of the molecule is O=C(NNC1Cc2ccccc2C1)[C@@]1(CCS(=O)(=O)c2ccccc2)N=C(c2ccc(OCCCO)cc2)O[C@H]1c1ccc(Cl)cc1Cl. The molecule has 4 aromatic carbocycles. The Labute approximate surface area is 289 Å². The highest BCUT2D eigenvalue weighted by Gasteiger charge is 2.54. The van der Waals surface area contributed by atoms with Crippen molar-refractivity contribution in [3.8, 4) is 5.75 Å². The van der Waals surface area contributed by atoms with Gasteiger partial charge in [-0.15, -0.1) is 0 Å². The second-order valence-corrected chi connectivity index (χ2v) is 14.8. The van der Waals surface area contributed by atoms with Gasteiger partial charge in [-0.05, 0) is 72.5 Å². The van der Waals surface area contributed by atoms with Crippen LogP contribution in [0.25, 0.3) is 0 Å². The molecule has 0 bridgehead atoms. The number of hydrogen-bond donors (Lipinski definition) is 3. The van der Waals surface area contributed by atoms with Gasteiger partial charge in [-0.2, -0.15) is 0 Å². The molecule has 0 saturated carbocycles. The lowest BCUT2D eigenvalue weighted by molar-refractivity contribution is -0.130. The quantitative estimate of drug-likeness (QED) is 0.121. The molecule has 3 N–H and O–H groups in total. The number of nitrogens with one attached hydrogen (secondary N) is 2. The second-order valence-electron chi connectivity index (χ2n) is 11.8. The highest BCUT2D eigenvalue weighted by molar-refractivity contribution is 7.91. The number of hydrogen-bond acceptors (Lipinski definition) is 8. The first-order chi connectivity index (χ1) is 23.2. The van der Waals surface area contributed by atoms with Crippen LogP contribution in [0.3, 0.4) is 0 Å². The van der Waals surface area contributed by atoms with Crippen molar-refractivity contribution >= 4 is 44.8 Å². The maximum Gasteiger partial charge on any atom is 0.266 e. The molecule has 4 aromatic rings. The van der Waals surface area contributed by atoms with E-state index in [1.165, 1.54) is 23.3 Å². The standard InChI is InChI=1S/C36H35Cl2N3O6S/c37-27-13-16-31(32(38)23-27)33-36(17-20-48(44,45)30-9-2-1-3-10-30,35(43)41-40-28-21-25-7-4-5-8-26(25)22-28)39-34(47-33)24-11-14-29(15-12-24)46-19-6-18-42/h1-5,7-16,23,28,33,40,42H,6,17-22H2,(H,41,43)/t33-,36-/m0/s1. The van der Waals surface area contributed by atoms with E-state index in [0.29, 0.717) is 34.9 Å². The Morgan fingerprint density at radius 3 is 2.31 bits per heavy atom. The number of aliphatic hydroxyl groups is 1. The first-order valence-electron chi connectivity index (χ1n) is 15.6.